The van der Waals surface area contributed by atoms with Crippen LogP contribution in [-0.4, -0.2) is 28.2 Å². The summed E-state index contributed by atoms with van der Waals surface area (Å²) in [5.74, 6) is 2.77. The van der Waals surface area contributed by atoms with Crippen LogP contribution < -0.4 is 14.8 Å². The van der Waals surface area contributed by atoms with Gasteiger partial charge in [0.05, 0.1) is 30.8 Å². The molecule has 6 heteroatoms. The molecule has 1 N–H and O–H groups in total. The summed E-state index contributed by atoms with van der Waals surface area (Å²) in [4.78, 5) is 13.1. The predicted molar refractivity (Wildman–Crippen MR) is 104 cm³/mol. The highest BCUT2D eigenvalue weighted by Gasteiger charge is 2.21. The fraction of sp³-hybridized carbons (Fsp3) is 0.286. The van der Waals surface area contributed by atoms with Crippen LogP contribution in [0.25, 0.3) is 11.3 Å². The zero-order chi connectivity index (χ0) is 18.5. The third-order valence-corrected chi connectivity index (χ3v) is 4.27. The molecule has 2 heterocycles. The first-order valence-corrected chi connectivity index (χ1v) is 9.22. The van der Waals surface area contributed by atoms with E-state index >= 15 is 0 Å². The van der Waals surface area contributed by atoms with Gasteiger partial charge in [-0.25, -0.2) is 15.0 Å². The Balaban J connectivity index is 1.43. The number of benzene rings is 1. The van der Waals surface area contributed by atoms with Crippen LogP contribution in [0.3, 0.4) is 0 Å². The highest BCUT2D eigenvalue weighted by Crippen LogP contribution is 2.30. The lowest BCUT2D eigenvalue weighted by molar-refractivity contribution is 0.300. The molecule has 3 aromatic rings. The van der Waals surface area contributed by atoms with Crippen molar-refractivity contribution in [3.63, 3.8) is 0 Å². The monoisotopic (exact) mass is 362 g/mol. The van der Waals surface area contributed by atoms with Crippen molar-refractivity contribution in [1.82, 2.24) is 15.0 Å². The molecule has 1 aromatic carbocycles. The number of hydrogen-bond acceptors (Lipinski definition) is 6. The molecule has 0 aliphatic heterocycles. The molecule has 0 radical (unpaired) electrons. The molecular formula is C21H22N4O2. The molecule has 0 bridgehead atoms. The molecule has 0 atom stereocenters. The number of nitrogens with zero attached hydrogens (tertiary/aromatic N) is 3. The van der Waals surface area contributed by atoms with E-state index in [0.717, 1.165) is 35.2 Å². The molecule has 1 aliphatic rings. The second-order valence-electron chi connectivity index (χ2n) is 6.49. The summed E-state index contributed by atoms with van der Waals surface area (Å²) in [5, 5.41) is 3.17. The van der Waals surface area contributed by atoms with E-state index in [-0.39, 0.29) is 0 Å². The Kier molecular flexibility index (Phi) is 5.14. The normalized spacial score (nSPS) is 13.2. The fourth-order valence-corrected chi connectivity index (χ4v) is 2.62. The third kappa shape index (κ3) is 4.73. The van der Waals surface area contributed by atoms with Crippen LogP contribution in [0.4, 0.5) is 11.6 Å². The zero-order valence-electron chi connectivity index (χ0n) is 15.3. The van der Waals surface area contributed by atoms with Gasteiger partial charge in [0.15, 0.2) is 0 Å². The van der Waals surface area contributed by atoms with E-state index in [1.807, 2.05) is 49.4 Å². The summed E-state index contributed by atoms with van der Waals surface area (Å²) in [6.45, 7) is 3.34. The Labute approximate surface area is 158 Å². The van der Waals surface area contributed by atoms with Gasteiger partial charge in [0.1, 0.15) is 5.75 Å². The van der Waals surface area contributed by atoms with Gasteiger partial charge in [-0.2, -0.15) is 0 Å². The van der Waals surface area contributed by atoms with E-state index in [1.165, 1.54) is 12.8 Å². The lowest BCUT2D eigenvalue weighted by atomic mass is 10.1. The Bertz CT molecular complexity index is 877. The molecule has 27 heavy (non-hydrogen) atoms. The summed E-state index contributed by atoms with van der Waals surface area (Å²) in [7, 11) is 0. The van der Waals surface area contributed by atoms with Gasteiger partial charge in [0.25, 0.3) is 0 Å². The minimum atomic E-state index is 0.521. The third-order valence-electron chi connectivity index (χ3n) is 4.27. The topological polar surface area (TPSA) is 69.2 Å². The lowest BCUT2D eigenvalue weighted by Crippen LogP contribution is -2.00. The Morgan fingerprint density at radius 3 is 2.56 bits per heavy atom. The van der Waals surface area contributed by atoms with Gasteiger partial charge < -0.3 is 14.8 Å². The van der Waals surface area contributed by atoms with Gasteiger partial charge in [-0.15, -0.1) is 0 Å². The first-order chi connectivity index (χ1) is 13.3. The second-order valence-corrected chi connectivity index (χ2v) is 6.49. The van der Waals surface area contributed by atoms with E-state index in [1.54, 1.807) is 12.4 Å². The van der Waals surface area contributed by atoms with E-state index in [9.17, 15) is 0 Å². The largest absolute Gasteiger partial charge is 0.493 e. The Morgan fingerprint density at radius 1 is 1.00 bits per heavy atom. The smallest absolute Gasteiger partial charge is 0.227 e. The summed E-state index contributed by atoms with van der Waals surface area (Å²) in [6, 6.07) is 13.6. The fourth-order valence-electron chi connectivity index (χ4n) is 2.62. The van der Waals surface area contributed by atoms with Crippen molar-refractivity contribution in [3.8, 4) is 22.9 Å². The van der Waals surface area contributed by atoms with Gasteiger partial charge in [-0.05, 0) is 62.1 Å². The molecule has 6 nitrogen and oxygen atoms in total. The lowest BCUT2D eigenvalue weighted by Gasteiger charge is -2.08. The van der Waals surface area contributed by atoms with E-state index in [4.69, 9.17) is 9.47 Å². The maximum atomic E-state index is 5.79. The SMILES string of the molecule is CCOc1ccc(Nc2nccc(-c3ccc(OCC4CC4)cc3)n2)cn1. The minimum absolute atomic E-state index is 0.521. The molecule has 138 valence electrons. The predicted octanol–water partition coefficient (Wildman–Crippen LogP) is 4.47. The summed E-state index contributed by atoms with van der Waals surface area (Å²) in [6.07, 6.45) is 6.02. The molecular weight excluding hydrogens is 340 g/mol. The van der Waals surface area contributed by atoms with Crippen LogP contribution in [0.1, 0.15) is 19.8 Å². The first kappa shape index (κ1) is 17.3. The number of aromatic nitrogens is 3. The number of ether oxygens (including phenoxy) is 2. The molecule has 0 amide bonds. The van der Waals surface area contributed by atoms with Gasteiger partial charge in [0.2, 0.25) is 11.8 Å². The minimum Gasteiger partial charge on any atom is -0.493 e. The molecule has 1 fully saturated rings. The Hall–Kier alpha value is -3.15. The highest BCUT2D eigenvalue weighted by molar-refractivity contribution is 5.62. The van der Waals surface area contributed by atoms with E-state index < -0.39 is 0 Å². The second kappa shape index (κ2) is 8.03. The van der Waals surface area contributed by atoms with Crippen LogP contribution in [0, 0.1) is 5.92 Å². The van der Waals surface area contributed by atoms with Crippen molar-refractivity contribution < 1.29 is 9.47 Å². The van der Waals surface area contributed by atoms with Crippen molar-refractivity contribution in [2.45, 2.75) is 19.8 Å². The number of rotatable bonds is 8. The average molecular weight is 362 g/mol. The Morgan fingerprint density at radius 2 is 1.85 bits per heavy atom. The molecule has 0 unspecified atom stereocenters. The van der Waals surface area contributed by atoms with Gasteiger partial charge in [-0.1, -0.05) is 0 Å². The molecule has 0 spiro atoms. The van der Waals surface area contributed by atoms with Gasteiger partial charge in [-0.3, -0.25) is 0 Å². The number of pyridine rings is 1. The maximum Gasteiger partial charge on any atom is 0.227 e. The average Bonchev–Trinajstić information content (AvgIpc) is 3.53. The van der Waals surface area contributed by atoms with Crippen molar-refractivity contribution in [2.24, 2.45) is 5.92 Å². The highest BCUT2D eigenvalue weighted by atomic mass is 16.5. The quantitative estimate of drug-likeness (QED) is 0.638. The van der Waals surface area contributed by atoms with E-state index in [0.29, 0.717) is 18.4 Å². The van der Waals surface area contributed by atoms with Crippen molar-refractivity contribution in [3.05, 3.63) is 54.9 Å². The van der Waals surface area contributed by atoms with Crippen LogP contribution in [0.2, 0.25) is 0 Å². The van der Waals surface area contributed by atoms with Crippen LogP contribution in [-0.2, 0) is 0 Å². The van der Waals surface area contributed by atoms with Crippen molar-refractivity contribution in [1.29, 1.82) is 0 Å². The van der Waals surface area contributed by atoms with Crippen LogP contribution in [0.5, 0.6) is 11.6 Å². The summed E-state index contributed by atoms with van der Waals surface area (Å²) < 4.78 is 11.1. The molecule has 1 aliphatic carbocycles. The summed E-state index contributed by atoms with van der Waals surface area (Å²) >= 11 is 0. The molecule has 4 rings (SSSR count). The standard InChI is InChI=1S/C21H22N4O2/c1-2-26-20-10-7-17(13-23-20)24-21-22-12-11-19(25-21)16-5-8-18(9-6-16)27-14-15-3-4-15/h5-13,15H,2-4,14H2,1H3,(H,22,24,25). The zero-order valence-corrected chi connectivity index (χ0v) is 15.3. The van der Waals surface area contributed by atoms with Crippen LogP contribution >= 0.6 is 0 Å². The summed E-state index contributed by atoms with van der Waals surface area (Å²) in [5.41, 5.74) is 2.67. The van der Waals surface area contributed by atoms with Crippen molar-refractivity contribution in [2.75, 3.05) is 18.5 Å². The number of anilines is 2. The van der Waals surface area contributed by atoms with E-state index in [2.05, 4.69) is 20.3 Å². The maximum absolute atomic E-state index is 5.79. The number of hydrogen-bond donors (Lipinski definition) is 1. The van der Waals surface area contributed by atoms with Gasteiger partial charge in [0, 0.05) is 17.8 Å². The van der Waals surface area contributed by atoms with Crippen molar-refractivity contribution >= 4 is 11.6 Å². The van der Waals surface area contributed by atoms with Crippen LogP contribution in [0.15, 0.2) is 54.9 Å². The molecule has 2 aromatic heterocycles. The molecule has 0 saturated heterocycles. The number of nitrogens with one attached hydrogen (secondary N) is 1. The first-order valence-electron chi connectivity index (χ1n) is 9.22. The molecule has 1 saturated carbocycles. The van der Waals surface area contributed by atoms with Gasteiger partial charge >= 0.3 is 0 Å².